The van der Waals surface area contributed by atoms with E-state index in [4.69, 9.17) is 10.5 Å². The van der Waals surface area contributed by atoms with E-state index in [-0.39, 0.29) is 5.69 Å². The summed E-state index contributed by atoms with van der Waals surface area (Å²) in [5.74, 6) is 0. The molecule has 0 aliphatic heterocycles. The molecule has 0 atom stereocenters. The van der Waals surface area contributed by atoms with Crippen molar-refractivity contribution < 1.29 is 13.7 Å². The van der Waals surface area contributed by atoms with E-state index in [1.54, 1.807) is 6.07 Å². The van der Waals surface area contributed by atoms with Crippen molar-refractivity contribution in [3.05, 3.63) is 33.1 Å². The molecule has 0 aliphatic carbocycles. The molecule has 0 saturated heterocycles. The molecule has 0 saturated carbocycles. The second kappa shape index (κ2) is 4.94. The van der Waals surface area contributed by atoms with Gasteiger partial charge in [0.2, 0.25) is 0 Å². The number of alkyl halides is 2. The first-order valence-corrected chi connectivity index (χ1v) is 4.24. The van der Waals surface area contributed by atoms with Crippen molar-refractivity contribution >= 4 is 5.69 Å². The second-order valence-corrected chi connectivity index (χ2v) is 2.90. The monoisotopic (exact) mass is 238 g/mol. The number of hydrogen-bond acceptors (Lipinski definition) is 5. The molecule has 0 aromatic carbocycles. The van der Waals surface area contributed by atoms with Crippen molar-refractivity contribution in [3.63, 3.8) is 0 Å². The van der Waals surface area contributed by atoms with Gasteiger partial charge in [-0.15, -0.1) is 0 Å². The van der Waals surface area contributed by atoms with Gasteiger partial charge in [-0.2, -0.15) is 10.5 Å². The second-order valence-electron chi connectivity index (χ2n) is 2.90. The predicted octanol–water partition coefficient (Wildman–Crippen LogP) is 1.87. The van der Waals surface area contributed by atoms with Crippen LogP contribution < -0.4 is 0 Å². The van der Waals surface area contributed by atoms with Crippen LogP contribution in [0.3, 0.4) is 0 Å². The van der Waals surface area contributed by atoms with Gasteiger partial charge in [0.25, 0.3) is 6.43 Å². The minimum Gasteiger partial charge on any atom is -0.258 e. The molecule has 6 nitrogen and oxygen atoms in total. The molecular weight excluding hydrogens is 234 g/mol. The van der Waals surface area contributed by atoms with Crippen molar-refractivity contribution in [2.24, 2.45) is 0 Å². The van der Waals surface area contributed by atoms with Crippen LogP contribution in [-0.2, 0) is 6.42 Å². The van der Waals surface area contributed by atoms with E-state index in [1.807, 2.05) is 0 Å². The number of hydrogen-bond donors (Lipinski definition) is 0. The van der Waals surface area contributed by atoms with E-state index >= 15 is 0 Å². The van der Waals surface area contributed by atoms with Gasteiger partial charge in [0.05, 0.1) is 17.4 Å². The average Bonchev–Trinajstić information content (AvgIpc) is 2.27. The molecule has 0 N–H and O–H groups in total. The smallest absolute Gasteiger partial charge is 0.258 e. The van der Waals surface area contributed by atoms with Gasteiger partial charge >= 0.3 is 5.69 Å². The Bertz CT molecular complexity index is 545. The summed E-state index contributed by atoms with van der Waals surface area (Å²) in [5, 5.41) is 27.7. The third-order valence-electron chi connectivity index (χ3n) is 1.87. The molecule has 0 aliphatic rings. The first kappa shape index (κ1) is 12.5. The van der Waals surface area contributed by atoms with E-state index in [9.17, 15) is 18.9 Å². The van der Waals surface area contributed by atoms with Crippen LogP contribution in [0.15, 0.2) is 6.07 Å². The van der Waals surface area contributed by atoms with Gasteiger partial charge in [-0.3, -0.25) is 10.1 Å². The maximum atomic E-state index is 12.6. The van der Waals surface area contributed by atoms with Gasteiger partial charge in [0.1, 0.15) is 23.0 Å². The topological polar surface area (TPSA) is 104 Å². The first-order valence-electron chi connectivity index (χ1n) is 4.24. The lowest BCUT2D eigenvalue weighted by atomic mass is 10.1. The van der Waals surface area contributed by atoms with Gasteiger partial charge in [-0.05, 0) is 6.07 Å². The largest absolute Gasteiger partial charge is 0.300 e. The van der Waals surface area contributed by atoms with Crippen LogP contribution in [0.2, 0.25) is 0 Å². The molecule has 0 fully saturated rings. The summed E-state index contributed by atoms with van der Waals surface area (Å²) in [6, 6.07) is 3.74. The Labute approximate surface area is 93.9 Å². The SMILES string of the molecule is N#CCc1nc(C#N)cc(C(F)F)c1[N+](=O)[O-]. The molecule has 1 aromatic heterocycles. The molecule has 0 amide bonds. The number of halogens is 2. The van der Waals surface area contributed by atoms with Crippen LogP contribution in [0.5, 0.6) is 0 Å². The Morgan fingerprint density at radius 1 is 1.53 bits per heavy atom. The zero-order chi connectivity index (χ0) is 13.0. The highest BCUT2D eigenvalue weighted by Gasteiger charge is 2.27. The molecule has 0 radical (unpaired) electrons. The summed E-state index contributed by atoms with van der Waals surface area (Å²) in [4.78, 5) is 13.1. The number of nitriles is 2. The zero-order valence-electron chi connectivity index (χ0n) is 8.22. The fourth-order valence-electron chi connectivity index (χ4n) is 1.25. The summed E-state index contributed by atoms with van der Waals surface area (Å²) in [7, 11) is 0. The summed E-state index contributed by atoms with van der Waals surface area (Å²) >= 11 is 0. The van der Waals surface area contributed by atoms with Gasteiger partial charge in [0, 0.05) is 0 Å². The van der Waals surface area contributed by atoms with Gasteiger partial charge < -0.3 is 0 Å². The van der Waals surface area contributed by atoms with Crippen LogP contribution in [0.4, 0.5) is 14.5 Å². The molecule has 0 unspecified atom stereocenters. The van der Waals surface area contributed by atoms with E-state index in [0.717, 1.165) is 0 Å². The Balaban J connectivity index is 3.57. The molecule has 8 heteroatoms. The number of aromatic nitrogens is 1. The average molecular weight is 238 g/mol. The lowest BCUT2D eigenvalue weighted by molar-refractivity contribution is -0.387. The maximum absolute atomic E-state index is 12.6. The van der Waals surface area contributed by atoms with Crippen molar-refractivity contribution in [3.8, 4) is 12.1 Å². The summed E-state index contributed by atoms with van der Waals surface area (Å²) < 4.78 is 25.2. The molecule has 0 spiro atoms. The van der Waals surface area contributed by atoms with Gasteiger partial charge in [-0.25, -0.2) is 13.8 Å². The minimum absolute atomic E-state index is 0.379. The number of rotatable bonds is 3. The highest BCUT2D eigenvalue weighted by atomic mass is 19.3. The zero-order valence-corrected chi connectivity index (χ0v) is 8.22. The molecule has 1 rings (SSSR count). The quantitative estimate of drug-likeness (QED) is 0.590. The molecular formula is C9H4F2N4O2. The lowest BCUT2D eigenvalue weighted by Gasteiger charge is -2.05. The molecule has 0 bridgehead atoms. The van der Waals surface area contributed by atoms with Crippen LogP contribution in [-0.4, -0.2) is 9.91 Å². The van der Waals surface area contributed by atoms with Crippen LogP contribution in [0.1, 0.15) is 23.4 Å². The van der Waals surface area contributed by atoms with E-state index in [0.29, 0.717) is 6.07 Å². The first-order chi connectivity index (χ1) is 8.01. The van der Waals surface area contributed by atoms with E-state index in [1.165, 1.54) is 6.07 Å². The fourth-order valence-corrected chi connectivity index (χ4v) is 1.25. The minimum atomic E-state index is -3.11. The number of pyridine rings is 1. The van der Waals surface area contributed by atoms with Crippen molar-refractivity contribution in [1.82, 2.24) is 4.98 Å². The van der Waals surface area contributed by atoms with E-state index in [2.05, 4.69) is 4.98 Å². The molecule has 1 aromatic rings. The number of nitrogens with zero attached hydrogens (tertiary/aromatic N) is 4. The Kier molecular flexibility index (Phi) is 3.62. The molecule has 17 heavy (non-hydrogen) atoms. The molecule has 86 valence electrons. The summed E-state index contributed by atoms with van der Waals surface area (Å²) in [6.07, 6.45) is -3.62. The van der Waals surface area contributed by atoms with Crippen LogP contribution >= 0.6 is 0 Å². The predicted molar refractivity (Wildman–Crippen MR) is 49.9 cm³/mol. The highest BCUT2D eigenvalue weighted by molar-refractivity contribution is 5.49. The van der Waals surface area contributed by atoms with E-state index < -0.39 is 34.7 Å². The third kappa shape index (κ3) is 2.49. The van der Waals surface area contributed by atoms with Crippen molar-refractivity contribution in [2.75, 3.05) is 0 Å². The van der Waals surface area contributed by atoms with Crippen LogP contribution in [0, 0.1) is 32.8 Å². The standard InChI is InChI=1S/C9H4F2N4O2/c10-9(11)6-3-5(4-13)14-7(1-2-12)8(6)15(16)17/h3,9H,1H2. The maximum Gasteiger partial charge on any atom is 0.300 e. The van der Waals surface area contributed by atoms with Crippen LogP contribution in [0.25, 0.3) is 0 Å². The highest BCUT2D eigenvalue weighted by Crippen LogP contribution is 2.31. The Morgan fingerprint density at radius 3 is 2.59 bits per heavy atom. The molecule has 1 heterocycles. The van der Waals surface area contributed by atoms with Gasteiger partial charge in [0.15, 0.2) is 0 Å². The fraction of sp³-hybridized carbons (Fsp3) is 0.222. The normalized spacial score (nSPS) is 9.71. The Hall–Kier alpha value is -2.61. The van der Waals surface area contributed by atoms with Crippen molar-refractivity contribution in [2.45, 2.75) is 12.8 Å². The summed E-state index contributed by atoms with van der Waals surface area (Å²) in [6.45, 7) is 0. The van der Waals surface area contributed by atoms with Crippen molar-refractivity contribution in [1.29, 1.82) is 10.5 Å². The van der Waals surface area contributed by atoms with Gasteiger partial charge in [-0.1, -0.05) is 0 Å². The summed E-state index contributed by atoms with van der Waals surface area (Å²) in [5.41, 5.74) is -2.60. The Morgan fingerprint density at radius 2 is 2.18 bits per heavy atom. The third-order valence-corrected chi connectivity index (χ3v) is 1.87. The lowest BCUT2D eigenvalue weighted by Crippen LogP contribution is -2.05. The number of nitro groups is 1.